The summed E-state index contributed by atoms with van der Waals surface area (Å²) in [5, 5.41) is 6.34. The molecule has 0 radical (unpaired) electrons. The van der Waals surface area contributed by atoms with E-state index in [4.69, 9.17) is 9.15 Å². The third kappa shape index (κ3) is 5.95. The van der Waals surface area contributed by atoms with Crippen molar-refractivity contribution in [3.63, 3.8) is 0 Å². The highest BCUT2D eigenvalue weighted by molar-refractivity contribution is 6.03. The van der Waals surface area contributed by atoms with Gasteiger partial charge in [-0.05, 0) is 55.3 Å². The van der Waals surface area contributed by atoms with E-state index in [1.54, 1.807) is 37.1 Å². The van der Waals surface area contributed by atoms with Crippen LogP contribution in [0.25, 0.3) is 0 Å². The van der Waals surface area contributed by atoms with Gasteiger partial charge in [0.25, 0.3) is 0 Å². The first-order chi connectivity index (χ1) is 21.9. The predicted octanol–water partition coefficient (Wildman–Crippen LogP) is 5.58. The van der Waals surface area contributed by atoms with Crippen LogP contribution in [0.5, 0.6) is 5.75 Å². The van der Waals surface area contributed by atoms with Gasteiger partial charge in [-0.3, -0.25) is 9.59 Å². The third-order valence-corrected chi connectivity index (χ3v) is 8.86. The van der Waals surface area contributed by atoms with Crippen LogP contribution in [0.4, 0.5) is 10.5 Å². The molecule has 232 valence electrons. The number of Topliss-reactive ketones (excluding diaryl/α,β-unsaturated/α-hetero) is 1. The summed E-state index contributed by atoms with van der Waals surface area (Å²) in [4.78, 5) is 47.6. The van der Waals surface area contributed by atoms with Crippen LogP contribution in [-0.2, 0) is 4.79 Å². The molecular weight excluding hydrogens is 568 g/mol. The van der Waals surface area contributed by atoms with Crippen LogP contribution in [0.2, 0.25) is 0 Å². The molecule has 9 nitrogen and oxygen atoms in total. The number of nitrogens with zero attached hydrogens (tertiary/aromatic N) is 2. The van der Waals surface area contributed by atoms with Crippen molar-refractivity contribution in [1.29, 1.82) is 0 Å². The lowest BCUT2D eigenvalue weighted by Gasteiger charge is -2.36. The number of carbonyl (C=O) groups is 3. The molecule has 6 rings (SSSR count). The van der Waals surface area contributed by atoms with Gasteiger partial charge in [0.1, 0.15) is 23.3 Å². The van der Waals surface area contributed by atoms with Crippen LogP contribution in [-0.4, -0.2) is 66.9 Å². The Morgan fingerprint density at radius 1 is 0.867 bits per heavy atom. The zero-order chi connectivity index (χ0) is 31.5. The number of aryl methyl sites for hydroxylation is 2. The number of piperazine rings is 1. The molecule has 2 aliphatic heterocycles. The average Bonchev–Trinajstić information content (AvgIpc) is 3.62. The second-order valence-electron chi connectivity index (χ2n) is 11.6. The number of anilines is 1. The number of furan rings is 1. The number of ketones is 1. The highest BCUT2D eigenvalue weighted by Crippen LogP contribution is 2.52. The number of carbonyl (C=O) groups excluding carboxylic acids is 3. The maximum atomic E-state index is 14.9. The highest BCUT2D eigenvalue weighted by Gasteiger charge is 2.58. The molecule has 0 aliphatic carbocycles. The molecule has 0 saturated carbocycles. The number of ether oxygens (including phenoxy) is 1. The molecule has 9 heteroatoms. The Hall–Kier alpha value is -4.89. The Balaban J connectivity index is 1.58. The van der Waals surface area contributed by atoms with Crippen LogP contribution in [0.1, 0.15) is 45.0 Å². The van der Waals surface area contributed by atoms with Gasteiger partial charge < -0.3 is 29.6 Å². The first-order valence-electron chi connectivity index (χ1n) is 15.3. The lowest BCUT2D eigenvalue weighted by molar-refractivity contribution is -0.136. The SMILES string of the molecule is COc1ccc(C2C(C(=O)c3cc(C)oc3C)C(c3ccccc3)N(C(=O)Nc3ccccc3)C2C(=O)N2CCNCC2)cc1. The van der Waals surface area contributed by atoms with Crippen LogP contribution in [0.15, 0.2) is 95.4 Å². The highest BCUT2D eigenvalue weighted by atomic mass is 16.5. The molecule has 0 spiro atoms. The summed E-state index contributed by atoms with van der Waals surface area (Å²) in [5.74, 6) is -0.0246. The van der Waals surface area contributed by atoms with Crippen molar-refractivity contribution in [2.24, 2.45) is 5.92 Å². The number of hydrogen-bond acceptors (Lipinski definition) is 6. The third-order valence-electron chi connectivity index (χ3n) is 8.86. The normalized spacial score (nSPS) is 21.4. The number of hydrogen-bond donors (Lipinski definition) is 2. The molecule has 3 aromatic carbocycles. The molecule has 4 aromatic rings. The first kappa shape index (κ1) is 30.1. The molecule has 3 heterocycles. The fraction of sp³-hybridized carbons (Fsp3) is 0.306. The van der Waals surface area contributed by atoms with E-state index in [1.165, 1.54) is 0 Å². The summed E-state index contributed by atoms with van der Waals surface area (Å²) >= 11 is 0. The maximum absolute atomic E-state index is 14.9. The Kier molecular flexibility index (Phi) is 8.71. The van der Waals surface area contributed by atoms with Crippen molar-refractivity contribution in [2.75, 3.05) is 38.6 Å². The van der Waals surface area contributed by atoms with Gasteiger partial charge >= 0.3 is 6.03 Å². The van der Waals surface area contributed by atoms with E-state index in [0.717, 1.165) is 11.1 Å². The predicted molar refractivity (Wildman–Crippen MR) is 171 cm³/mol. The van der Waals surface area contributed by atoms with E-state index in [1.807, 2.05) is 84.6 Å². The van der Waals surface area contributed by atoms with Crippen molar-refractivity contribution >= 4 is 23.4 Å². The monoisotopic (exact) mass is 606 g/mol. The average molecular weight is 607 g/mol. The van der Waals surface area contributed by atoms with E-state index < -0.39 is 30.0 Å². The Morgan fingerprint density at radius 3 is 2.11 bits per heavy atom. The van der Waals surface area contributed by atoms with Crippen LogP contribution in [0.3, 0.4) is 0 Å². The van der Waals surface area contributed by atoms with Gasteiger partial charge in [0.2, 0.25) is 5.91 Å². The minimum atomic E-state index is -0.965. The largest absolute Gasteiger partial charge is 0.497 e. The molecule has 2 aliphatic rings. The maximum Gasteiger partial charge on any atom is 0.323 e. The van der Waals surface area contributed by atoms with Crippen LogP contribution >= 0.6 is 0 Å². The zero-order valence-electron chi connectivity index (χ0n) is 25.7. The summed E-state index contributed by atoms with van der Waals surface area (Å²) in [6.45, 7) is 5.91. The minimum absolute atomic E-state index is 0.174. The zero-order valence-corrected chi connectivity index (χ0v) is 25.7. The molecule has 3 amide bonds. The topological polar surface area (TPSA) is 104 Å². The Labute approximate surface area is 263 Å². The van der Waals surface area contributed by atoms with Gasteiger partial charge in [0.15, 0.2) is 5.78 Å². The first-order valence-corrected chi connectivity index (χ1v) is 15.3. The molecule has 2 N–H and O–H groups in total. The summed E-state index contributed by atoms with van der Waals surface area (Å²) in [5.41, 5.74) is 2.60. The lowest BCUT2D eigenvalue weighted by Crippen LogP contribution is -2.55. The number of benzene rings is 3. The van der Waals surface area contributed by atoms with Gasteiger partial charge in [-0.25, -0.2) is 4.79 Å². The lowest BCUT2D eigenvalue weighted by atomic mass is 9.76. The molecule has 1 aromatic heterocycles. The van der Waals surface area contributed by atoms with Crippen molar-refractivity contribution < 1.29 is 23.5 Å². The van der Waals surface area contributed by atoms with Crippen molar-refractivity contribution in [1.82, 2.24) is 15.1 Å². The number of urea groups is 1. The number of nitrogens with one attached hydrogen (secondary N) is 2. The fourth-order valence-corrected chi connectivity index (χ4v) is 6.81. The number of methoxy groups -OCH3 is 1. The minimum Gasteiger partial charge on any atom is -0.497 e. The summed E-state index contributed by atoms with van der Waals surface area (Å²) < 4.78 is 11.3. The van der Waals surface area contributed by atoms with Gasteiger partial charge in [0, 0.05) is 37.8 Å². The molecule has 4 atom stereocenters. The second kappa shape index (κ2) is 13.0. The van der Waals surface area contributed by atoms with E-state index in [9.17, 15) is 14.4 Å². The molecular formula is C36H38N4O5. The summed E-state index contributed by atoms with van der Waals surface area (Å²) in [7, 11) is 1.60. The van der Waals surface area contributed by atoms with Crippen molar-refractivity contribution in [3.8, 4) is 5.75 Å². The number of amides is 3. The summed E-state index contributed by atoms with van der Waals surface area (Å²) in [6.07, 6.45) is 0. The molecule has 0 bridgehead atoms. The standard InChI is InChI=1S/C36H38N4O5/c1-23-22-29(24(2)45-23)34(41)31-30(25-14-16-28(44-3)17-15-25)33(35(42)39-20-18-37-19-21-39)40(32(31)26-10-6-4-7-11-26)36(43)38-27-12-8-5-9-13-27/h4-17,22,30-33,37H,18-21H2,1-3H3,(H,38,43). The smallest absolute Gasteiger partial charge is 0.323 e. The van der Waals surface area contributed by atoms with Gasteiger partial charge in [-0.2, -0.15) is 0 Å². The quantitative estimate of drug-likeness (QED) is 0.267. The van der Waals surface area contributed by atoms with E-state index in [2.05, 4.69) is 10.6 Å². The van der Waals surface area contributed by atoms with Gasteiger partial charge in [-0.15, -0.1) is 0 Å². The van der Waals surface area contributed by atoms with Crippen LogP contribution < -0.4 is 15.4 Å². The van der Waals surface area contributed by atoms with E-state index in [0.29, 0.717) is 54.7 Å². The number of rotatable bonds is 7. The molecule has 4 unspecified atom stereocenters. The van der Waals surface area contributed by atoms with Crippen LogP contribution in [0, 0.1) is 19.8 Å². The second-order valence-corrected chi connectivity index (χ2v) is 11.6. The Bertz CT molecular complexity index is 1650. The number of likely N-dealkylation sites (tertiary alicyclic amines) is 1. The summed E-state index contributed by atoms with van der Waals surface area (Å²) in [6, 6.07) is 25.8. The van der Waals surface area contributed by atoms with Gasteiger partial charge in [0.05, 0.1) is 24.6 Å². The van der Waals surface area contributed by atoms with Crippen molar-refractivity contribution in [2.45, 2.75) is 31.8 Å². The molecule has 45 heavy (non-hydrogen) atoms. The van der Waals surface area contributed by atoms with E-state index >= 15 is 0 Å². The van der Waals surface area contributed by atoms with Gasteiger partial charge in [-0.1, -0.05) is 60.7 Å². The molecule has 2 saturated heterocycles. The van der Waals surface area contributed by atoms with E-state index in [-0.39, 0.29) is 11.7 Å². The fourth-order valence-electron chi connectivity index (χ4n) is 6.81. The molecule has 2 fully saturated rings. The Morgan fingerprint density at radius 2 is 1.51 bits per heavy atom. The van der Waals surface area contributed by atoms with Crippen molar-refractivity contribution in [3.05, 3.63) is 119 Å². The number of para-hydroxylation sites is 1.